The fourth-order valence-electron chi connectivity index (χ4n) is 5.14. The molecule has 1 aliphatic heterocycles. The number of hydrogen-bond acceptors (Lipinski definition) is 8. The highest BCUT2D eigenvalue weighted by molar-refractivity contribution is 7.22. The van der Waals surface area contributed by atoms with Gasteiger partial charge in [0.15, 0.2) is 5.13 Å². The second kappa shape index (κ2) is 10.7. The van der Waals surface area contributed by atoms with Crippen molar-refractivity contribution in [3.8, 4) is 22.8 Å². The Balaban J connectivity index is 1.14. The van der Waals surface area contributed by atoms with Crippen LogP contribution in [0.4, 0.5) is 10.8 Å². The Hall–Kier alpha value is -3.20. The van der Waals surface area contributed by atoms with Gasteiger partial charge in [0.05, 0.1) is 28.1 Å². The number of piperazine rings is 1. The van der Waals surface area contributed by atoms with Crippen molar-refractivity contribution < 1.29 is 9.84 Å². The first-order valence-electron chi connectivity index (χ1n) is 13.1. The first-order valence-corrected chi connectivity index (χ1v) is 14.0. The maximum Gasteiger partial charge on any atom is 0.184 e. The molecule has 7 nitrogen and oxygen atoms in total. The zero-order valence-electron chi connectivity index (χ0n) is 21.1. The van der Waals surface area contributed by atoms with Crippen LogP contribution in [0.15, 0.2) is 60.8 Å². The maximum absolute atomic E-state index is 10.3. The summed E-state index contributed by atoms with van der Waals surface area (Å²) in [5.41, 5.74) is 4.15. The monoisotopic (exact) mass is 515 g/mol. The summed E-state index contributed by atoms with van der Waals surface area (Å²) in [5, 5.41) is 14.6. The first-order chi connectivity index (χ1) is 18.1. The van der Waals surface area contributed by atoms with Crippen LogP contribution in [0.1, 0.15) is 25.7 Å². The number of likely N-dealkylation sites (N-methyl/N-ethyl adjacent to an activating group) is 1. The Morgan fingerprint density at radius 3 is 2.54 bits per heavy atom. The molecule has 0 radical (unpaired) electrons. The Morgan fingerprint density at radius 1 is 0.946 bits per heavy atom. The van der Waals surface area contributed by atoms with Crippen LogP contribution in [0.3, 0.4) is 0 Å². The Labute approximate surface area is 221 Å². The van der Waals surface area contributed by atoms with Crippen LogP contribution < -0.4 is 15.0 Å². The maximum atomic E-state index is 10.3. The predicted molar refractivity (Wildman–Crippen MR) is 151 cm³/mol. The summed E-state index contributed by atoms with van der Waals surface area (Å²) >= 11 is 1.60. The van der Waals surface area contributed by atoms with Crippen LogP contribution in [-0.4, -0.2) is 65.3 Å². The smallest absolute Gasteiger partial charge is 0.184 e. The molecule has 3 heterocycles. The lowest BCUT2D eigenvalue weighted by Gasteiger charge is -2.34. The molecule has 2 aromatic carbocycles. The van der Waals surface area contributed by atoms with Crippen molar-refractivity contribution in [1.82, 2.24) is 14.9 Å². The molecule has 37 heavy (non-hydrogen) atoms. The van der Waals surface area contributed by atoms with E-state index in [2.05, 4.69) is 51.4 Å². The van der Waals surface area contributed by atoms with Crippen LogP contribution in [-0.2, 0) is 0 Å². The van der Waals surface area contributed by atoms with E-state index in [9.17, 15) is 5.11 Å². The van der Waals surface area contributed by atoms with E-state index in [-0.39, 0.29) is 12.1 Å². The molecule has 4 aromatic rings. The molecule has 1 unspecified atom stereocenters. The lowest BCUT2D eigenvalue weighted by atomic mass is 9.93. The third kappa shape index (κ3) is 5.56. The highest BCUT2D eigenvalue weighted by atomic mass is 32.1. The minimum Gasteiger partial charge on any atom is -0.457 e. The van der Waals surface area contributed by atoms with Crippen molar-refractivity contribution in [1.29, 1.82) is 0 Å². The van der Waals surface area contributed by atoms with Gasteiger partial charge in [-0.1, -0.05) is 36.3 Å². The molecule has 1 saturated heterocycles. The van der Waals surface area contributed by atoms with Gasteiger partial charge in [-0.3, -0.25) is 4.98 Å². The van der Waals surface area contributed by atoms with Crippen LogP contribution >= 0.6 is 11.3 Å². The van der Waals surface area contributed by atoms with Gasteiger partial charge in [0.2, 0.25) is 0 Å². The van der Waals surface area contributed by atoms with Gasteiger partial charge in [0.25, 0.3) is 0 Å². The van der Waals surface area contributed by atoms with E-state index in [4.69, 9.17) is 9.72 Å². The number of nitrogens with zero attached hydrogens (tertiary/aromatic N) is 4. The quantitative estimate of drug-likeness (QED) is 0.345. The molecule has 0 amide bonds. The lowest BCUT2D eigenvalue weighted by molar-refractivity contribution is 0.116. The SMILES string of the molecule is CN1CCN(c2ccc(-c3cc(Oc4ccc5nc(N[C@@H]6CCCCC6O)sc5c4)ccn3)cc2)CC1. The van der Waals surface area contributed by atoms with Crippen LogP contribution in [0.25, 0.3) is 21.5 Å². The Bertz CT molecular complexity index is 1350. The number of benzene rings is 2. The number of aliphatic hydroxyl groups is 1. The molecule has 0 bridgehead atoms. The summed E-state index contributed by atoms with van der Waals surface area (Å²) in [4.78, 5) is 14.1. The normalized spacial score (nSPS) is 20.8. The van der Waals surface area contributed by atoms with Gasteiger partial charge in [-0.15, -0.1) is 0 Å². The number of thiazole rings is 1. The van der Waals surface area contributed by atoms with E-state index < -0.39 is 0 Å². The van der Waals surface area contributed by atoms with E-state index in [1.165, 1.54) is 5.69 Å². The number of fused-ring (bicyclic) bond motifs is 1. The first kappa shape index (κ1) is 24.2. The molecule has 2 aromatic heterocycles. The molecular formula is C29H33N5O2S. The number of aromatic nitrogens is 2. The third-order valence-electron chi connectivity index (χ3n) is 7.40. The molecule has 2 fully saturated rings. The minimum atomic E-state index is -0.302. The van der Waals surface area contributed by atoms with Gasteiger partial charge < -0.3 is 25.0 Å². The van der Waals surface area contributed by atoms with Gasteiger partial charge >= 0.3 is 0 Å². The summed E-state index contributed by atoms with van der Waals surface area (Å²) < 4.78 is 7.27. The van der Waals surface area contributed by atoms with Crippen molar-refractivity contribution in [2.75, 3.05) is 43.4 Å². The summed E-state index contributed by atoms with van der Waals surface area (Å²) in [7, 11) is 2.18. The van der Waals surface area contributed by atoms with Crippen molar-refractivity contribution in [2.45, 2.75) is 37.8 Å². The lowest BCUT2D eigenvalue weighted by Crippen LogP contribution is -2.44. The van der Waals surface area contributed by atoms with E-state index in [0.717, 1.165) is 90.0 Å². The second-order valence-corrected chi connectivity index (χ2v) is 11.1. The van der Waals surface area contributed by atoms with Crippen molar-refractivity contribution in [3.63, 3.8) is 0 Å². The summed E-state index contributed by atoms with van der Waals surface area (Å²) in [6.45, 7) is 4.30. The molecule has 2 N–H and O–H groups in total. The van der Waals surface area contributed by atoms with Crippen LogP contribution in [0, 0.1) is 0 Å². The number of pyridine rings is 1. The highest BCUT2D eigenvalue weighted by Gasteiger charge is 2.23. The third-order valence-corrected chi connectivity index (χ3v) is 8.35. The molecule has 1 aliphatic carbocycles. The van der Waals surface area contributed by atoms with Crippen molar-refractivity contribution in [2.24, 2.45) is 0 Å². The predicted octanol–water partition coefficient (Wildman–Crippen LogP) is 5.62. The molecule has 1 saturated carbocycles. The Morgan fingerprint density at radius 2 is 1.73 bits per heavy atom. The molecular weight excluding hydrogens is 482 g/mol. The molecule has 192 valence electrons. The number of hydrogen-bond donors (Lipinski definition) is 2. The topological polar surface area (TPSA) is 73.8 Å². The number of anilines is 2. The van der Waals surface area contributed by atoms with Gasteiger partial charge in [0.1, 0.15) is 11.5 Å². The zero-order chi connectivity index (χ0) is 25.2. The van der Waals surface area contributed by atoms with Crippen molar-refractivity contribution in [3.05, 3.63) is 60.8 Å². The van der Waals surface area contributed by atoms with Crippen LogP contribution in [0.5, 0.6) is 11.5 Å². The molecule has 6 rings (SSSR count). The number of ether oxygens (including phenoxy) is 1. The number of nitrogens with one attached hydrogen (secondary N) is 1. The molecule has 2 aliphatic rings. The minimum absolute atomic E-state index is 0.0795. The molecule has 0 spiro atoms. The van der Waals surface area contributed by atoms with Crippen LogP contribution in [0.2, 0.25) is 0 Å². The summed E-state index contributed by atoms with van der Waals surface area (Å²) in [5.74, 6) is 1.52. The average molecular weight is 516 g/mol. The van der Waals surface area contributed by atoms with Gasteiger partial charge in [-0.05, 0) is 50.2 Å². The number of rotatable bonds is 6. The zero-order valence-corrected chi connectivity index (χ0v) is 22.0. The largest absolute Gasteiger partial charge is 0.457 e. The van der Waals surface area contributed by atoms with E-state index in [0.29, 0.717) is 0 Å². The fraction of sp³-hybridized carbons (Fsp3) is 0.379. The number of aliphatic hydroxyl groups excluding tert-OH is 1. The van der Waals surface area contributed by atoms with Crippen molar-refractivity contribution >= 4 is 32.4 Å². The van der Waals surface area contributed by atoms with Gasteiger partial charge in [0, 0.05) is 55.8 Å². The summed E-state index contributed by atoms with van der Waals surface area (Å²) in [6.07, 6.45) is 5.57. The van der Waals surface area contributed by atoms with Gasteiger partial charge in [-0.2, -0.15) is 0 Å². The molecule has 2 atom stereocenters. The van der Waals surface area contributed by atoms with Gasteiger partial charge in [-0.25, -0.2) is 4.98 Å². The average Bonchev–Trinajstić information content (AvgIpc) is 3.32. The fourth-order valence-corrected chi connectivity index (χ4v) is 6.10. The van der Waals surface area contributed by atoms with E-state index in [1.54, 1.807) is 17.5 Å². The van der Waals surface area contributed by atoms with E-state index >= 15 is 0 Å². The second-order valence-electron chi connectivity index (χ2n) is 10.1. The molecule has 8 heteroatoms. The Kier molecular flexibility index (Phi) is 6.95. The summed E-state index contributed by atoms with van der Waals surface area (Å²) in [6, 6.07) is 18.6. The van der Waals surface area contributed by atoms with E-state index in [1.807, 2.05) is 30.3 Å². The standard InChI is InChI=1S/C29H33N5O2S/c1-33-14-16-34(17-15-33)21-8-6-20(7-9-21)26-18-23(12-13-30-26)36-22-10-11-25-28(19-22)37-29(32-25)31-24-4-2-3-5-27(24)35/h6-13,18-19,24,27,35H,2-5,14-17H2,1H3,(H,31,32)/t24-,27?/m1/s1. The highest BCUT2D eigenvalue weighted by Crippen LogP contribution is 2.33.